The molecule has 0 radical (unpaired) electrons. The van der Waals surface area contributed by atoms with E-state index in [1.807, 2.05) is 31.3 Å². The van der Waals surface area contributed by atoms with Crippen molar-refractivity contribution in [3.8, 4) is 0 Å². The maximum atomic E-state index is 11.5. The second-order valence-electron chi connectivity index (χ2n) is 5.69. The lowest BCUT2D eigenvalue weighted by atomic mass is 10.1. The predicted octanol–water partition coefficient (Wildman–Crippen LogP) is 0.318. The quantitative estimate of drug-likeness (QED) is 0.873. The number of nitrogens with zero attached hydrogens (tertiary/aromatic N) is 5. The topological polar surface area (TPSA) is 74.0 Å². The molecule has 0 aliphatic carbocycles. The molecule has 0 saturated carbocycles. The maximum absolute atomic E-state index is 11.5. The number of aromatic nitrogens is 3. The second kappa shape index (κ2) is 5.42. The monoisotopic (exact) mass is 289 g/mol. The largest absolute Gasteiger partial charge is 0.480 e. The Kier molecular flexibility index (Phi) is 3.60. The van der Waals surface area contributed by atoms with Gasteiger partial charge >= 0.3 is 5.97 Å². The number of fused-ring (bicyclic) bond motifs is 1. The predicted molar refractivity (Wildman–Crippen MR) is 76.9 cm³/mol. The molecule has 1 fully saturated rings. The molecule has 0 unspecified atom stereocenters. The van der Waals surface area contributed by atoms with Crippen molar-refractivity contribution < 1.29 is 9.90 Å². The molecule has 0 bridgehead atoms. The van der Waals surface area contributed by atoms with Crippen LogP contribution < -0.4 is 0 Å². The van der Waals surface area contributed by atoms with E-state index in [4.69, 9.17) is 0 Å². The Balaban J connectivity index is 1.84. The highest BCUT2D eigenvalue weighted by atomic mass is 16.4. The number of carboxylic acid groups (broad SMARTS) is 1. The molecule has 1 saturated heterocycles. The zero-order chi connectivity index (χ0) is 15.0. The summed E-state index contributed by atoms with van der Waals surface area (Å²) in [6, 6.07) is 1.64. The van der Waals surface area contributed by atoms with Crippen LogP contribution in [0.2, 0.25) is 0 Å². The molecule has 0 aromatic carbocycles. The molecular formula is C14H19N5O2. The number of hydrogen-bond donors (Lipinski definition) is 1. The first-order valence-corrected chi connectivity index (χ1v) is 6.97. The van der Waals surface area contributed by atoms with Gasteiger partial charge < -0.3 is 10.0 Å². The fourth-order valence-corrected chi connectivity index (χ4v) is 2.89. The van der Waals surface area contributed by atoms with Crippen molar-refractivity contribution in [1.29, 1.82) is 0 Å². The molecule has 1 aliphatic rings. The fraction of sp³-hybridized carbons (Fsp3) is 0.500. The van der Waals surface area contributed by atoms with Gasteiger partial charge in [0.15, 0.2) is 5.65 Å². The van der Waals surface area contributed by atoms with E-state index < -0.39 is 12.0 Å². The zero-order valence-corrected chi connectivity index (χ0v) is 12.2. The SMILES string of the molecule is CN(C)[C@@H]1C[C@@H](C(=O)O)N(Cc2cnn3cccnc23)C1. The van der Waals surface area contributed by atoms with Crippen LogP contribution in [0.15, 0.2) is 24.7 Å². The molecule has 3 heterocycles. The Bertz CT molecular complexity index is 654. The summed E-state index contributed by atoms with van der Waals surface area (Å²) < 4.78 is 1.71. The van der Waals surface area contributed by atoms with Gasteiger partial charge in [-0.25, -0.2) is 9.50 Å². The molecule has 2 aromatic heterocycles. The smallest absolute Gasteiger partial charge is 0.320 e. The summed E-state index contributed by atoms with van der Waals surface area (Å²) >= 11 is 0. The van der Waals surface area contributed by atoms with Crippen LogP contribution >= 0.6 is 0 Å². The highest BCUT2D eigenvalue weighted by molar-refractivity contribution is 5.74. The Morgan fingerprint density at radius 2 is 2.33 bits per heavy atom. The van der Waals surface area contributed by atoms with Crippen molar-refractivity contribution in [2.24, 2.45) is 0 Å². The summed E-state index contributed by atoms with van der Waals surface area (Å²) in [5, 5.41) is 13.7. The molecule has 1 N–H and O–H groups in total. The van der Waals surface area contributed by atoms with Crippen LogP contribution in [0.1, 0.15) is 12.0 Å². The molecule has 0 spiro atoms. The summed E-state index contributed by atoms with van der Waals surface area (Å²) in [6.07, 6.45) is 5.98. The van der Waals surface area contributed by atoms with Crippen LogP contribution in [0, 0.1) is 0 Å². The fourth-order valence-electron chi connectivity index (χ4n) is 2.89. The minimum atomic E-state index is -0.760. The van der Waals surface area contributed by atoms with Gasteiger partial charge in [-0.15, -0.1) is 0 Å². The molecule has 112 valence electrons. The van der Waals surface area contributed by atoms with E-state index >= 15 is 0 Å². The third-order valence-electron chi connectivity index (χ3n) is 4.12. The van der Waals surface area contributed by atoms with Crippen LogP contribution in [0.5, 0.6) is 0 Å². The first-order chi connectivity index (χ1) is 10.1. The summed E-state index contributed by atoms with van der Waals surface area (Å²) in [5.41, 5.74) is 1.75. The molecule has 7 nitrogen and oxygen atoms in total. The summed E-state index contributed by atoms with van der Waals surface area (Å²) in [4.78, 5) is 19.9. The molecule has 21 heavy (non-hydrogen) atoms. The molecule has 3 rings (SSSR count). The normalized spacial score (nSPS) is 23.2. The van der Waals surface area contributed by atoms with E-state index in [1.165, 1.54) is 0 Å². The zero-order valence-electron chi connectivity index (χ0n) is 12.2. The van der Waals surface area contributed by atoms with Gasteiger partial charge in [0.05, 0.1) is 6.20 Å². The molecule has 7 heteroatoms. The lowest BCUT2D eigenvalue weighted by molar-refractivity contribution is -0.142. The van der Waals surface area contributed by atoms with Gasteiger partial charge in [-0.05, 0) is 26.6 Å². The third-order valence-corrected chi connectivity index (χ3v) is 4.12. The van der Waals surface area contributed by atoms with Gasteiger partial charge in [0, 0.05) is 37.1 Å². The van der Waals surface area contributed by atoms with Crippen LogP contribution in [0.4, 0.5) is 0 Å². The highest BCUT2D eigenvalue weighted by Crippen LogP contribution is 2.24. The molecule has 1 aliphatic heterocycles. The van der Waals surface area contributed by atoms with Gasteiger partial charge in [-0.2, -0.15) is 5.10 Å². The minimum Gasteiger partial charge on any atom is -0.480 e. The van der Waals surface area contributed by atoms with E-state index in [-0.39, 0.29) is 6.04 Å². The number of carboxylic acids is 1. The van der Waals surface area contributed by atoms with E-state index in [1.54, 1.807) is 16.9 Å². The Morgan fingerprint density at radius 3 is 3.05 bits per heavy atom. The van der Waals surface area contributed by atoms with Crippen molar-refractivity contribution >= 4 is 11.6 Å². The number of carbonyl (C=O) groups is 1. The maximum Gasteiger partial charge on any atom is 0.320 e. The average Bonchev–Trinajstić information content (AvgIpc) is 3.04. The highest BCUT2D eigenvalue weighted by Gasteiger charge is 2.37. The summed E-state index contributed by atoms with van der Waals surface area (Å²) in [6.45, 7) is 1.30. The lowest BCUT2D eigenvalue weighted by Gasteiger charge is -2.21. The van der Waals surface area contributed by atoms with Gasteiger partial charge in [0.2, 0.25) is 0 Å². The summed E-state index contributed by atoms with van der Waals surface area (Å²) in [5.74, 6) is -0.760. The lowest BCUT2D eigenvalue weighted by Crippen LogP contribution is -2.35. The standard InChI is InChI=1S/C14H19N5O2/c1-17(2)11-6-12(14(20)21)18(9-11)8-10-7-16-19-5-3-4-15-13(10)19/h3-5,7,11-12H,6,8-9H2,1-2H3,(H,20,21)/t11-,12+/m1/s1. The van der Waals surface area contributed by atoms with Crippen LogP contribution in [0.3, 0.4) is 0 Å². The van der Waals surface area contributed by atoms with Gasteiger partial charge in [0.1, 0.15) is 6.04 Å². The van der Waals surface area contributed by atoms with E-state index in [2.05, 4.69) is 15.0 Å². The third kappa shape index (κ3) is 2.62. The number of likely N-dealkylation sites (tertiary alicyclic amines) is 1. The Hall–Kier alpha value is -1.99. The number of hydrogen-bond acceptors (Lipinski definition) is 5. The number of rotatable bonds is 4. The number of aliphatic carboxylic acids is 1. The minimum absolute atomic E-state index is 0.265. The van der Waals surface area contributed by atoms with E-state index in [9.17, 15) is 9.90 Å². The molecular weight excluding hydrogens is 270 g/mol. The molecule has 2 atom stereocenters. The first-order valence-electron chi connectivity index (χ1n) is 6.97. The Labute approximate surface area is 122 Å². The van der Waals surface area contributed by atoms with Gasteiger partial charge in [-0.1, -0.05) is 0 Å². The van der Waals surface area contributed by atoms with Gasteiger partial charge in [-0.3, -0.25) is 9.69 Å². The van der Waals surface area contributed by atoms with E-state index in [0.29, 0.717) is 13.0 Å². The van der Waals surface area contributed by atoms with Crippen LogP contribution in [-0.2, 0) is 11.3 Å². The second-order valence-corrected chi connectivity index (χ2v) is 5.69. The van der Waals surface area contributed by atoms with Crippen LogP contribution in [0.25, 0.3) is 5.65 Å². The van der Waals surface area contributed by atoms with Gasteiger partial charge in [0.25, 0.3) is 0 Å². The molecule has 2 aromatic rings. The van der Waals surface area contributed by atoms with Crippen molar-refractivity contribution in [2.45, 2.75) is 25.0 Å². The number of likely N-dealkylation sites (N-methyl/N-ethyl adjacent to an activating group) is 1. The average molecular weight is 289 g/mol. The van der Waals surface area contributed by atoms with Crippen molar-refractivity contribution in [1.82, 2.24) is 24.4 Å². The van der Waals surface area contributed by atoms with Crippen molar-refractivity contribution in [3.63, 3.8) is 0 Å². The van der Waals surface area contributed by atoms with E-state index in [0.717, 1.165) is 17.8 Å². The Morgan fingerprint density at radius 1 is 1.52 bits per heavy atom. The van der Waals surface area contributed by atoms with Crippen LogP contribution in [-0.4, -0.2) is 68.2 Å². The van der Waals surface area contributed by atoms with Crippen molar-refractivity contribution in [3.05, 3.63) is 30.2 Å². The first kappa shape index (κ1) is 14.0. The molecule has 0 amide bonds. The van der Waals surface area contributed by atoms with Crippen molar-refractivity contribution in [2.75, 3.05) is 20.6 Å². The summed E-state index contributed by atoms with van der Waals surface area (Å²) in [7, 11) is 3.98.